The van der Waals surface area contributed by atoms with E-state index in [1.54, 1.807) is 0 Å². The Labute approximate surface area is 74.9 Å². The van der Waals surface area contributed by atoms with Crippen LogP contribution in [0.25, 0.3) is 0 Å². The van der Waals surface area contributed by atoms with Gasteiger partial charge in [0.25, 0.3) is 0 Å². The van der Waals surface area contributed by atoms with Crippen LogP contribution < -0.4 is 0 Å². The van der Waals surface area contributed by atoms with Crippen molar-refractivity contribution in [3.8, 4) is 0 Å². The van der Waals surface area contributed by atoms with Gasteiger partial charge in [-0.2, -0.15) is 0 Å². The van der Waals surface area contributed by atoms with Gasteiger partial charge in [-0.15, -0.1) is 0 Å². The van der Waals surface area contributed by atoms with E-state index in [0.29, 0.717) is 6.04 Å². The first-order valence-corrected chi connectivity index (χ1v) is 5.09. The number of amides is 1. The number of nitrogens with zero attached hydrogens (tertiary/aromatic N) is 1. The highest BCUT2D eigenvalue weighted by Crippen LogP contribution is 2.20. The molecule has 0 aliphatic heterocycles. The second kappa shape index (κ2) is 5.18. The highest BCUT2D eigenvalue weighted by molar-refractivity contribution is 5.47. The zero-order valence-electron chi connectivity index (χ0n) is 7.96. The van der Waals surface area contributed by atoms with Gasteiger partial charge in [0.2, 0.25) is 6.41 Å². The molecular weight excluding hydrogens is 150 g/mol. The Morgan fingerprint density at radius 3 is 2.25 bits per heavy atom. The van der Waals surface area contributed by atoms with Crippen molar-refractivity contribution in [1.29, 1.82) is 0 Å². The van der Waals surface area contributed by atoms with E-state index in [9.17, 15) is 4.79 Å². The molecular formula is C10H19NO. The van der Waals surface area contributed by atoms with Gasteiger partial charge in [0.15, 0.2) is 0 Å². The summed E-state index contributed by atoms with van der Waals surface area (Å²) in [7, 11) is 0. The molecule has 1 fully saturated rings. The number of hydrogen-bond donors (Lipinski definition) is 0. The van der Waals surface area contributed by atoms with Crippen LogP contribution in [-0.4, -0.2) is 23.9 Å². The molecule has 1 amide bonds. The number of carbonyl (C=O) groups excluding carboxylic acids is 1. The van der Waals surface area contributed by atoms with E-state index in [4.69, 9.17) is 0 Å². The lowest BCUT2D eigenvalue weighted by Gasteiger charge is -2.25. The highest BCUT2D eigenvalue weighted by Gasteiger charge is 2.16. The van der Waals surface area contributed by atoms with Gasteiger partial charge < -0.3 is 4.90 Å². The molecule has 0 heterocycles. The Balaban J connectivity index is 2.40. The van der Waals surface area contributed by atoms with Crippen LogP contribution in [0, 0.1) is 0 Å². The van der Waals surface area contributed by atoms with Gasteiger partial charge in [-0.1, -0.05) is 25.7 Å². The lowest BCUT2D eigenvalue weighted by molar-refractivity contribution is -0.120. The van der Waals surface area contributed by atoms with Crippen LogP contribution in [0.4, 0.5) is 0 Å². The molecule has 2 nitrogen and oxygen atoms in total. The summed E-state index contributed by atoms with van der Waals surface area (Å²) in [6.45, 7) is 2.92. The van der Waals surface area contributed by atoms with E-state index >= 15 is 0 Å². The molecule has 1 aliphatic carbocycles. The minimum absolute atomic E-state index is 0.537. The van der Waals surface area contributed by atoms with Crippen LogP contribution in [0.2, 0.25) is 0 Å². The molecule has 1 rings (SSSR count). The third kappa shape index (κ3) is 2.50. The molecule has 0 N–H and O–H groups in total. The SMILES string of the molecule is CCN(C=O)C1CCCCCC1. The van der Waals surface area contributed by atoms with Crippen molar-refractivity contribution in [2.45, 2.75) is 51.5 Å². The van der Waals surface area contributed by atoms with E-state index < -0.39 is 0 Å². The fourth-order valence-electron chi connectivity index (χ4n) is 2.01. The van der Waals surface area contributed by atoms with Gasteiger partial charge >= 0.3 is 0 Å². The molecule has 0 radical (unpaired) electrons. The van der Waals surface area contributed by atoms with Crippen molar-refractivity contribution in [2.75, 3.05) is 6.54 Å². The van der Waals surface area contributed by atoms with E-state index in [0.717, 1.165) is 13.0 Å². The summed E-state index contributed by atoms with van der Waals surface area (Å²) in [6, 6.07) is 0.537. The summed E-state index contributed by atoms with van der Waals surface area (Å²) < 4.78 is 0. The third-order valence-electron chi connectivity index (χ3n) is 2.79. The van der Waals surface area contributed by atoms with Gasteiger partial charge in [-0.25, -0.2) is 0 Å². The molecule has 0 unspecified atom stereocenters. The van der Waals surface area contributed by atoms with Crippen LogP contribution in [0.15, 0.2) is 0 Å². The Morgan fingerprint density at radius 1 is 1.25 bits per heavy atom. The summed E-state index contributed by atoms with van der Waals surface area (Å²) >= 11 is 0. The number of hydrogen-bond acceptors (Lipinski definition) is 1. The average Bonchev–Trinajstić information content (AvgIpc) is 2.35. The molecule has 70 valence electrons. The lowest BCUT2D eigenvalue weighted by Crippen LogP contribution is -2.33. The predicted octanol–water partition coefficient (Wildman–Crippen LogP) is 2.19. The van der Waals surface area contributed by atoms with Gasteiger partial charge in [-0.05, 0) is 19.8 Å². The van der Waals surface area contributed by atoms with E-state index in [1.807, 2.05) is 4.90 Å². The van der Waals surface area contributed by atoms with Crippen LogP contribution in [-0.2, 0) is 4.79 Å². The Bertz CT molecular complexity index is 128. The second-order valence-corrected chi connectivity index (χ2v) is 3.58. The van der Waals surface area contributed by atoms with Crippen molar-refractivity contribution < 1.29 is 4.79 Å². The molecule has 1 aliphatic rings. The molecule has 0 aromatic rings. The van der Waals surface area contributed by atoms with Crippen LogP contribution in [0.5, 0.6) is 0 Å². The molecule has 12 heavy (non-hydrogen) atoms. The van der Waals surface area contributed by atoms with Gasteiger partial charge in [-0.3, -0.25) is 4.79 Å². The normalized spacial score (nSPS) is 20.1. The largest absolute Gasteiger partial charge is 0.343 e. The van der Waals surface area contributed by atoms with Gasteiger partial charge in [0.1, 0.15) is 0 Å². The molecule has 0 spiro atoms. The van der Waals surface area contributed by atoms with E-state index in [2.05, 4.69) is 6.92 Å². The third-order valence-corrected chi connectivity index (χ3v) is 2.79. The van der Waals surface area contributed by atoms with Crippen LogP contribution >= 0.6 is 0 Å². The maximum atomic E-state index is 10.7. The molecule has 0 atom stereocenters. The summed E-state index contributed by atoms with van der Waals surface area (Å²) in [4.78, 5) is 12.6. The van der Waals surface area contributed by atoms with Gasteiger partial charge in [0, 0.05) is 12.6 Å². The summed E-state index contributed by atoms with van der Waals surface area (Å²) in [5.41, 5.74) is 0. The van der Waals surface area contributed by atoms with Crippen molar-refractivity contribution in [2.24, 2.45) is 0 Å². The average molecular weight is 169 g/mol. The maximum Gasteiger partial charge on any atom is 0.209 e. The zero-order valence-corrected chi connectivity index (χ0v) is 7.96. The molecule has 0 aromatic carbocycles. The molecule has 2 heteroatoms. The fourth-order valence-corrected chi connectivity index (χ4v) is 2.01. The Kier molecular flexibility index (Phi) is 4.12. The zero-order chi connectivity index (χ0) is 8.81. The Morgan fingerprint density at radius 2 is 1.83 bits per heavy atom. The fraction of sp³-hybridized carbons (Fsp3) is 0.900. The summed E-state index contributed by atoms with van der Waals surface area (Å²) in [5.74, 6) is 0. The minimum Gasteiger partial charge on any atom is -0.343 e. The highest BCUT2D eigenvalue weighted by atomic mass is 16.1. The standard InChI is InChI=1S/C10H19NO/c1-2-11(9-12)10-7-5-3-4-6-8-10/h9-10H,2-8H2,1H3. The second-order valence-electron chi connectivity index (χ2n) is 3.58. The molecule has 0 saturated heterocycles. The van der Waals surface area contributed by atoms with Crippen molar-refractivity contribution in [1.82, 2.24) is 4.90 Å². The van der Waals surface area contributed by atoms with E-state index in [-0.39, 0.29) is 0 Å². The van der Waals surface area contributed by atoms with Crippen molar-refractivity contribution in [3.05, 3.63) is 0 Å². The smallest absolute Gasteiger partial charge is 0.209 e. The number of rotatable bonds is 3. The summed E-state index contributed by atoms with van der Waals surface area (Å²) in [5, 5.41) is 0. The lowest BCUT2D eigenvalue weighted by atomic mass is 10.1. The minimum atomic E-state index is 0.537. The van der Waals surface area contributed by atoms with E-state index in [1.165, 1.54) is 38.5 Å². The van der Waals surface area contributed by atoms with Crippen LogP contribution in [0.3, 0.4) is 0 Å². The molecule has 1 saturated carbocycles. The van der Waals surface area contributed by atoms with Crippen LogP contribution in [0.1, 0.15) is 45.4 Å². The first kappa shape index (κ1) is 9.56. The number of carbonyl (C=O) groups is 1. The monoisotopic (exact) mass is 169 g/mol. The summed E-state index contributed by atoms with van der Waals surface area (Å²) in [6.07, 6.45) is 8.75. The molecule has 0 aromatic heterocycles. The Hall–Kier alpha value is -0.530. The van der Waals surface area contributed by atoms with Crippen molar-refractivity contribution in [3.63, 3.8) is 0 Å². The van der Waals surface area contributed by atoms with Crippen molar-refractivity contribution >= 4 is 6.41 Å². The quantitative estimate of drug-likeness (QED) is 0.468. The first-order valence-electron chi connectivity index (χ1n) is 5.09. The van der Waals surface area contributed by atoms with Gasteiger partial charge in [0.05, 0.1) is 0 Å². The first-order chi connectivity index (χ1) is 5.88. The topological polar surface area (TPSA) is 20.3 Å². The molecule has 0 bridgehead atoms. The maximum absolute atomic E-state index is 10.7. The predicted molar refractivity (Wildman–Crippen MR) is 49.9 cm³/mol.